The lowest BCUT2D eigenvalue weighted by atomic mass is 9.83. The van der Waals surface area contributed by atoms with E-state index in [9.17, 15) is 9.90 Å². The number of likely N-dealkylation sites (tertiary alicyclic amines) is 2. The average Bonchev–Trinajstić information content (AvgIpc) is 3.38. The van der Waals surface area contributed by atoms with Crippen LogP contribution in [0.25, 0.3) is 0 Å². The molecule has 2 aromatic carbocycles. The first-order valence-electron chi connectivity index (χ1n) is 15.4. The van der Waals surface area contributed by atoms with Crippen molar-refractivity contribution in [2.24, 2.45) is 17.8 Å². The molecule has 1 N–H and O–H groups in total. The second-order valence-electron chi connectivity index (χ2n) is 12.4. The Balaban J connectivity index is 1.15. The zero-order valence-electron chi connectivity index (χ0n) is 23.5. The SMILES string of the molecule is C#Cc1ccc(CCCC2CCN(C[C@H]3CN([C@@H](C(=O)O)C4CCCCC4)C[C@@H]3c3ccccc3)CC2)cc1. The highest BCUT2D eigenvalue weighted by Crippen LogP contribution is 2.38. The van der Waals surface area contributed by atoms with Gasteiger partial charge in [-0.3, -0.25) is 9.69 Å². The summed E-state index contributed by atoms with van der Waals surface area (Å²) in [5.41, 5.74) is 3.72. The number of piperidine rings is 1. The molecule has 2 saturated heterocycles. The lowest BCUT2D eigenvalue weighted by Crippen LogP contribution is -2.46. The van der Waals surface area contributed by atoms with Crippen molar-refractivity contribution in [1.82, 2.24) is 9.80 Å². The lowest BCUT2D eigenvalue weighted by Gasteiger charge is -2.35. The predicted molar refractivity (Wildman–Crippen MR) is 159 cm³/mol. The first-order chi connectivity index (χ1) is 19.1. The molecule has 2 aliphatic heterocycles. The molecule has 0 bridgehead atoms. The zero-order chi connectivity index (χ0) is 27.0. The van der Waals surface area contributed by atoms with Gasteiger partial charge in [0.15, 0.2) is 0 Å². The van der Waals surface area contributed by atoms with E-state index in [1.807, 2.05) is 0 Å². The summed E-state index contributed by atoms with van der Waals surface area (Å²) >= 11 is 0. The molecular formula is C35H46N2O2. The van der Waals surface area contributed by atoms with Crippen molar-refractivity contribution in [3.8, 4) is 12.3 Å². The molecule has 0 spiro atoms. The van der Waals surface area contributed by atoms with Gasteiger partial charge in [-0.1, -0.05) is 74.1 Å². The van der Waals surface area contributed by atoms with Crippen LogP contribution >= 0.6 is 0 Å². The van der Waals surface area contributed by atoms with Crippen LogP contribution in [0.4, 0.5) is 0 Å². The van der Waals surface area contributed by atoms with Crippen LogP contribution in [0.5, 0.6) is 0 Å². The van der Waals surface area contributed by atoms with Crippen LogP contribution < -0.4 is 0 Å². The molecule has 1 aliphatic carbocycles. The molecular weight excluding hydrogens is 480 g/mol. The fourth-order valence-corrected chi connectivity index (χ4v) is 7.65. The molecule has 0 unspecified atom stereocenters. The highest BCUT2D eigenvalue weighted by Gasteiger charge is 2.43. The van der Waals surface area contributed by atoms with Gasteiger partial charge in [-0.2, -0.15) is 0 Å². The van der Waals surface area contributed by atoms with Crippen LogP contribution in [0.2, 0.25) is 0 Å². The standard InChI is InChI=1S/C35H46N2O2/c1-2-27-16-18-28(19-17-27)10-9-11-29-20-22-36(23-21-29)24-32-25-37(26-33(32)30-12-5-3-6-13-30)34(35(38)39)31-14-7-4-8-15-31/h1,3,5-6,12-13,16-19,29,31-34H,4,7-11,14-15,20-26H2,(H,38,39)/t32-,33+,34+/m0/s1. The van der Waals surface area contributed by atoms with Crippen molar-refractivity contribution in [2.75, 3.05) is 32.7 Å². The Morgan fingerprint density at radius 1 is 0.949 bits per heavy atom. The Labute approximate surface area is 235 Å². The van der Waals surface area contributed by atoms with E-state index in [4.69, 9.17) is 6.42 Å². The summed E-state index contributed by atoms with van der Waals surface area (Å²) < 4.78 is 0. The molecule has 4 heteroatoms. The minimum absolute atomic E-state index is 0.303. The van der Waals surface area contributed by atoms with Gasteiger partial charge in [0.05, 0.1) is 0 Å². The summed E-state index contributed by atoms with van der Waals surface area (Å²) in [6.45, 7) is 5.21. The molecule has 39 heavy (non-hydrogen) atoms. The quantitative estimate of drug-likeness (QED) is 0.361. The fourth-order valence-electron chi connectivity index (χ4n) is 7.65. The molecule has 4 nitrogen and oxygen atoms in total. The highest BCUT2D eigenvalue weighted by molar-refractivity contribution is 5.74. The van der Waals surface area contributed by atoms with Crippen molar-refractivity contribution >= 4 is 5.97 Å². The molecule has 1 saturated carbocycles. The molecule has 3 fully saturated rings. The van der Waals surface area contributed by atoms with Gasteiger partial charge in [0, 0.05) is 31.1 Å². The van der Waals surface area contributed by atoms with Gasteiger partial charge in [0.25, 0.3) is 0 Å². The second kappa shape index (κ2) is 13.6. The molecule has 0 amide bonds. The van der Waals surface area contributed by atoms with E-state index in [-0.39, 0.29) is 6.04 Å². The van der Waals surface area contributed by atoms with E-state index >= 15 is 0 Å². The summed E-state index contributed by atoms with van der Waals surface area (Å²) in [6, 6.07) is 19.0. The first-order valence-corrected chi connectivity index (χ1v) is 15.4. The minimum atomic E-state index is -0.609. The highest BCUT2D eigenvalue weighted by atomic mass is 16.4. The number of nitrogens with zero attached hydrogens (tertiary/aromatic N) is 2. The fraction of sp³-hybridized carbons (Fsp3) is 0.571. The number of benzene rings is 2. The number of rotatable bonds is 10. The molecule has 5 rings (SSSR count). The number of carbonyl (C=O) groups is 1. The van der Waals surface area contributed by atoms with Crippen molar-refractivity contribution in [1.29, 1.82) is 0 Å². The maximum atomic E-state index is 12.5. The maximum Gasteiger partial charge on any atom is 0.321 e. The van der Waals surface area contributed by atoms with E-state index in [1.54, 1.807) is 0 Å². The Hall–Kier alpha value is -2.61. The third kappa shape index (κ3) is 7.33. The number of carboxylic acid groups (broad SMARTS) is 1. The van der Waals surface area contributed by atoms with Crippen LogP contribution in [0.1, 0.15) is 80.4 Å². The smallest absolute Gasteiger partial charge is 0.321 e. The zero-order valence-corrected chi connectivity index (χ0v) is 23.5. The lowest BCUT2D eigenvalue weighted by molar-refractivity contribution is -0.145. The number of aryl methyl sites for hydroxylation is 1. The van der Waals surface area contributed by atoms with Crippen LogP contribution in [0.3, 0.4) is 0 Å². The molecule has 2 aromatic rings. The monoisotopic (exact) mass is 526 g/mol. The summed E-state index contributed by atoms with van der Waals surface area (Å²) in [7, 11) is 0. The Morgan fingerprint density at radius 2 is 1.67 bits per heavy atom. The van der Waals surface area contributed by atoms with E-state index in [1.165, 1.54) is 69.2 Å². The van der Waals surface area contributed by atoms with Gasteiger partial charge >= 0.3 is 5.97 Å². The Bertz CT molecular complexity index is 1080. The van der Waals surface area contributed by atoms with Gasteiger partial charge in [-0.25, -0.2) is 0 Å². The molecule has 0 aromatic heterocycles. The Kier molecular flexibility index (Phi) is 9.77. The summed E-state index contributed by atoms with van der Waals surface area (Å²) in [5.74, 6) is 4.11. The van der Waals surface area contributed by atoms with Crippen molar-refractivity contribution in [2.45, 2.75) is 76.2 Å². The largest absolute Gasteiger partial charge is 0.480 e. The van der Waals surface area contributed by atoms with E-state index in [0.717, 1.165) is 50.4 Å². The summed E-state index contributed by atoms with van der Waals surface area (Å²) in [6.07, 6.45) is 17.5. The van der Waals surface area contributed by atoms with E-state index in [2.05, 4.69) is 70.3 Å². The van der Waals surface area contributed by atoms with E-state index < -0.39 is 5.97 Å². The maximum absolute atomic E-state index is 12.5. The third-order valence-electron chi connectivity index (χ3n) is 9.84. The molecule has 3 aliphatic rings. The third-order valence-corrected chi connectivity index (χ3v) is 9.84. The molecule has 208 valence electrons. The van der Waals surface area contributed by atoms with E-state index in [0.29, 0.717) is 17.8 Å². The topological polar surface area (TPSA) is 43.8 Å². The van der Waals surface area contributed by atoms with Gasteiger partial charge < -0.3 is 10.0 Å². The number of carboxylic acids is 1. The van der Waals surface area contributed by atoms with Crippen LogP contribution in [0.15, 0.2) is 54.6 Å². The van der Waals surface area contributed by atoms with Crippen molar-refractivity contribution in [3.05, 3.63) is 71.3 Å². The van der Waals surface area contributed by atoms with Crippen molar-refractivity contribution < 1.29 is 9.90 Å². The second-order valence-corrected chi connectivity index (χ2v) is 12.4. The Morgan fingerprint density at radius 3 is 2.33 bits per heavy atom. The van der Waals surface area contributed by atoms with Gasteiger partial charge in [0.1, 0.15) is 6.04 Å². The van der Waals surface area contributed by atoms with Gasteiger partial charge in [0.2, 0.25) is 0 Å². The molecule has 2 heterocycles. The first kappa shape index (κ1) is 27.9. The van der Waals surface area contributed by atoms with Gasteiger partial charge in [-0.15, -0.1) is 6.42 Å². The predicted octanol–water partition coefficient (Wildman–Crippen LogP) is 6.45. The van der Waals surface area contributed by atoms with Crippen LogP contribution in [0, 0.1) is 30.1 Å². The van der Waals surface area contributed by atoms with Gasteiger partial charge in [-0.05, 0) is 92.6 Å². The van der Waals surface area contributed by atoms with Crippen LogP contribution in [-0.4, -0.2) is 59.6 Å². The van der Waals surface area contributed by atoms with Crippen LogP contribution in [-0.2, 0) is 11.2 Å². The number of hydrogen-bond acceptors (Lipinski definition) is 3. The number of terminal acetylenes is 1. The molecule has 3 atom stereocenters. The summed E-state index contributed by atoms with van der Waals surface area (Å²) in [5, 5.41) is 10.3. The summed E-state index contributed by atoms with van der Waals surface area (Å²) in [4.78, 5) is 17.5. The normalized spacial score (nSPS) is 24.4. The molecule has 0 radical (unpaired) electrons. The number of aliphatic carboxylic acids is 1. The average molecular weight is 527 g/mol. The minimum Gasteiger partial charge on any atom is -0.480 e. The number of hydrogen-bond donors (Lipinski definition) is 1. The van der Waals surface area contributed by atoms with Crippen molar-refractivity contribution in [3.63, 3.8) is 0 Å².